The zero-order valence-electron chi connectivity index (χ0n) is 12.6. The van der Waals surface area contributed by atoms with E-state index >= 15 is 0 Å². The Hall–Kier alpha value is -1.73. The van der Waals surface area contributed by atoms with Crippen LogP contribution in [0.4, 0.5) is 0 Å². The van der Waals surface area contributed by atoms with E-state index in [1.54, 1.807) is 18.5 Å². The van der Waals surface area contributed by atoms with E-state index in [0.717, 1.165) is 39.0 Å². The predicted molar refractivity (Wildman–Crippen MR) is 79.5 cm³/mol. The summed E-state index contributed by atoms with van der Waals surface area (Å²) in [5.41, 5.74) is 0. The van der Waals surface area contributed by atoms with Crippen LogP contribution in [-0.2, 0) is 9.53 Å². The average molecular weight is 306 g/mol. The van der Waals surface area contributed by atoms with Crippen molar-refractivity contribution in [3.8, 4) is 6.01 Å². The first-order valence-electron chi connectivity index (χ1n) is 7.85. The van der Waals surface area contributed by atoms with Crippen molar-refractivity contribution in [3.63, 3.8) is 0 Å². The number of hydrogen-bond donors (Lipinski definition) is 1. The zero-order chi connectivity index (χ0) is 15.2. The minimum absolute atomic E-state index is 0.00735. The molecule has 3 heterocycles. The van der Waals surface area contributed by atoms with E-state index in [1.165, 1.54) is 0 Å². The SMILES string of the molecule is O=C(C[C@H]1CNCCO1)N1CCC(Oc2ncccn2)CC1. The molecule has 0 saturated carbocycles. The van der Waals surface area contributed by atoms with Crippen LogP contribution in [0.3, 0.4) is 0 Å². The molecule has 0 unspecified atom stereocenters. The molecule has 0 aliphatic carbocycles. The molecule has 1 atom stereocenters. The highest BCUT2D eigenvalue weighted by Crippen LogP contribution is 2.17. The lowest BCUT2D eigenvalue weighted by Crippen LogP contribution is -2.45. The molecule has 2 saturated heterocycles. The molecule has 7 heteroatoms. The van der Waals surface area contributed by atoms with Gasteiger partial charge in [0.2, 0.25) is 5.91 Å². The van der Waals surface area contributed by atoms with Crippen molar-refractivity contribution >= 4 is 5.91 Å². The van der Waals surface area contributed by atoms with Crippen LogP contribution in [0.1, 0.15) is 19.3 Å². The van der Waals surface area contributed by atoms with E-state index in [0.29, 0.717) is 19.0 Å². The van der Waals surface area contributed by atoms with E-state index in [4.69, 9.17) is 9.47 Å². The number of nitrogens with zero attached hydrogens (tertiary/aromatic N) is 3. The molecule has 1 aromatic rings. The molecule has 3 rings (SSSR count). The molecule has 2 aliphatic rings. The minimum Gasteiger partial charge on any atom is -0.460 e. The Kier molecular flexibility index (Phi) is 5.18. The van der Waals surface area contributed by atoms with Crippen molar-refractivity contribution in [2.75, 3.05) is 32.8 Å². The second-order valence-electron chi connectivity index (χ2n) is 5.63. The molecule has 2 fully saturated rings. The third-order valence-electron chi connectivity index (χ3n) is 4.02. The van der Waals surface area contributed by atoms with Gasteiger partial charge in [-0.05, 0) is 6.07 Å². The lowest BCUT2D eigenvalue weighted by Gasteiger charge is -2.33. The molecular formula is C15H22N4O3. The number of ether oxygens (including phenoxy) is 2. The van der Waals surface area contributed by atoms with Gasteiger partial charge in [-0.15, -0.1) is 0 Å². The molecule has 2 aliphatic heterocycles. The summed E-state index contributed by atoms with van der Waals surface area (Å²) >= 11 is 0. The number of hydrogen-bond acceptors (Lipinski definition) is 6. The summed E-state index contributed by atoms with van der Waals surface area (Å²) in [4.78, 5) is 22.3. The van der Waals surface area contributed by atoms with E-state index < -0.39 is 0 Å². The van der Waals surface area contributed by atoms with Crippen molar-refractivity contribution in [2.45, 2.75) is 31.5 Å². The largest absolute Gasteiger partial charge is 0.460 e. The first-order valence-corrected chi connectivity index (χ1v) is 7.85. The number of carbonyl (C=O) groups is 1. The highest BCUT2D eigenvalue weighted by Gasteiger charge is 2.26. The van der Waals surface area contributed by atoms with Crippen LogP contribution in [0.2, 0.25) is 0 Å². The Morgan fingerprint density at radius 1 is 1.36 bits per heavy atom. The zero-order valence-corrected chi connectivity index (χ0v) is 12.6. The number of aromatic nitrogens is 2. The van der Waals surface area contributed by atoms with Gasteiger partial charge in [-0.25, -0.2) is 9.97 Å². The molecule has 1 N–H and O–H groups in total. The van der Waals surface area contributed by atoms with Crippen molar-refractivity contribution in [3.05, 3.63) is 18.5 Å². The Labute approximate surface area is 130 Å². The number of carbonyl (C=O) groups excluding carboxylic acids is 1. The standard InChI is InChI=1S/C15H22N4O3/c20-14(10-13-11-16-6-9-21-13)19-7-2-12(3-8-19)22-15-17-4-1-5-18-15/h1,4-5,12-13,16H,2-3,6-11H2/t13-/m0/s1. The molecule has 0 radical (unpaired) electrons. The van der Waals surface area contributed by atoms with Gasteiger partial charge in [0.25, 0.3) is 0 Å². The lowest BCUT2D eigenvalue weighted by atomic mass is 10.1. The topological polar surface area (TPSA) is 76.6 Å². The van der Waals surface area contributed by atoms with Crippen LogP contribution in [0.5, 0.6) is 6.01 Å². The number of nitrogens with one attached hydrogen (secondary N) is 1. The Balaban J connectivity index is 1.42. The van der Waals surface area contributed by atoms with E-state index in [1.807, 2.05) is 4.90 Å². The fraction of sp³-hybridized carbons (Fsp3) is 0.667. The van der Waals surface area contributed by atoms with Gasteiger partial charge in [-0.1, -0.05) is 0 Å². The van der Waals surface area contributed by atoms with E-state index in [9.17, 15) is 4.79 Å². The fourth-order valence-electron chi connectivity index (χ4n) is 2.79. The van der Waals surface area contributed by atoms with Crippen LogP contribution in [0, 0.1) is 0 Å². The Bertz CT molecular complexity index is 471. The van der Waals surface area contributed by atoms with Crippen LogP contribution in [0.15, 0.2) is 18.5 Å². The number of likely N-dealkylation sites (tertiary alicyclic amines) is 1. The van der Waals surface area contributed by atoms with Gasteiger partial charge in [0.05, 0.1) is 19.1 Å². The monoisotopic (exact) mass is 306 g/mol. The first-order chi connectivity index (χ1) is 10.8. The number of morpholine rings is 1. The van der Waals surface area contributed by atoms with E-state index in [2.05, 4.69) is 15.3 Å². The van der Waals surface area contributed by atoms with Crippen molar-refractivity contribution in [1.29, 1.82) is 0 Å². The normalized spacial score (nSPS) is 23.3. The second kappa shape index (κ2) is 7.51. The summed E-state index contributed by atoms with van der Waals surface area (Å²) in [5, 5.41) is 3.25. The number of amides is 1. The summed E-state index contributed by atoms with van der Waals surface area (Å²) in [7, 11) is 0. The van der Waals surface area contributed by atoms with Crippen molar-refractivity contribution < 1.29 is 14.3 Å². The van der Waals surface area contributed by atoms with Gasteiger partial charge in [-0.3, -0.25) is 4.79 Å². The summed E-state index contributed by atoms with van der Waals surface area (Å²) < 4.78 is 11.3. The average Bonchev–Trinajstić information content (AvgIpc) is 2.57. The predicted octanol–water partition coefficient (Wildman–Crippen LogP) is 0.225. The van der Waals surface area contributed by atoms with Gasteiger partial charge in [0.15, 0.2) is 0 Å². The molecule has 1 amide bonds. The van der Waals surface area contributed by atoms with Crippen LogP contribution in [-0.4, -0.2) is 65.8 Å². The quantitative estimate of drug-likeness (QED) is 0.858. The smallest absolute Gasteiger partial charge is 0.316 e. The molecule has 22 heavy (non-hydrogen) atoms. The van der Waals surface area contributed by atoms with Crippen LogP contribution in [0.25, 0.3) is 0 Å². The molecule has 1 aromatic heterocycles. The second-order valence-corrected chi connectivity index (χ2v) is 5.63. The Morgan fingerprint density at radius 2 is 2.14 bits per heavy atom. The number of piperidine rings is 1. The third-order valence-corrected chi connectivity index (χ3v) is 4.02. The fourth-order valence-corrected chi connectivity index (χ4v) is 2.79. The summed E-state index contributed by atoms with van der Waals surface area (Å²) in [6.45, 7) is 3.75. The molecule has 0 bridgehead atoms. The van der Waals surface area contributed by atoms with Gasteiger partial charge in [0.1, 0.15) is 6.10 Å². The summed E-state index contributed by atoms with van der Waals surface area (Å²) in [6, 6.07) is 2.17. The van der Waals surface area contributed by atoms with Crippen LogP contribution >= 0.6 is 0 Å². The summed E-state index contributed by atoms with van der Waals surface area (Å²) in [6.07, 6.45) is 5.51. The highest BCUT2D eigenvalue weighted by molar-refractivity contribution is 5.76. The molecule has 7 nitrogen and oxygen atoms in total. The van der Waals surface area contributed by atoms with Gasteiger partial charge >= 0.3 is 6.01 Å². The maximum absolute atomic E-state index is 12.3. The molecule has 0 spiro atoms. The summed E-state index contributed by atoms with van der Waals surface area (Å²) in [5.74, 6) is 0.170. The first kappa shape index (κ1) is 15.2. The van der Waals surface area contributed by atoms with Gasteiger partial charge in [-0.2, -0.15) is 0 Å². The number of rotatable bonds is 4. The third kappa shape index (κ3) is 4.14. The molecule has 120 valence electrons. The molecular weight excluding hydrogens is 284 g/mol. The van der Waals surface area contributed by atoms with Gasteiger partial charge < -0.3 is 19.7 Å². The minimum atomic E-state index is 0.00735. The maximum Gasteiger partial charge on any atom is 0.316 e. The van der Waals surface area contributed by atoms with Crippen molar-refractivity contribution in [2.24, 2.45) is 0 Å². The van der Waals surface area contributed by atoms with Gasteiger partial charge in [0, 0.05) is 51.4 Å². The van der Waals surface area contributed by atoms with Crippen molar-refractivity contribution in [1.82, 2.24) is 20.2 Å². The molecule has 0 aromatic carbocycles. The maximum atomic E-state index is 12.3. The Morgan fingerprint density at radius 3 is 2.82 bits per heavy atom. The lowest BCUT2D eigenvalue weighted by molar-refractivity contribution is -0.136. The van der Waals surface area contributed by atoms with Crippen LogP contribution < -0.4 is 10.1 Å². The highest BCUT2D eigenvalue weighted by atomic mass is 16.5. The van der Waals surface area contributed by atoms with E-state index in [-0.39, 0.29) is 18.1 Å².